The molecule has 7 heteroatoms. The first kappa shape index (κ1) is 24.3. The third kappa shape index (κ3) is 5.18. The Labute approximate surface area is 196 Å². The molecule has 0 amide bonds. The van der Waals surface area contributed by atoms with E-state index in [0.29, 0.717) is 11.1 Å². The molecule has 1 aromatic rings. The van der Waals surface area contributed by atoms with Gasteiger partial charge < -0.3 is 19.7 Å². The number of carbonyl (C=O) groups is 1. The lowest BCUT2D eigenvalue weighted by molar-refractivity contribution is -0.154. The van der Waals surface area contributed by atoms with Gasteiger partial charge in [0.2, 0.25) is 0 Å². The van der Waals surface area contributed by atoms with Gasteiger partial charge in [0.1, 0.15) is 0 Å². The molecule has 1 aromatic carbocycles. The number of nitrogens with one attached hydrogen (secondary N) is 1. The molecule has 2 aliphatic rings. The summed E-state index contributed by atoms with van der Waals surface area (Å²) in [6.45, 7) is 10.3. The van der Waals surface area contributed by atoms with E-state index >= 15 is 0 Å². The van der Waals surface area contributed by atoms with Crippen molar-refractivity contribution < 1.29 is 14.3 Å². The van der Waals surface area contributed by atoms with Crippen LogP contribution < -0.4 is 5.32 Å². The number of hydrogen-bond donors (Lipinski definition) is 1. The van der Waals surface area contributed by atoms with Crippen molar-refractivity contribution in [3.8, 4) is 0 Å². The Morgan fingerprint density at radius 3 is 2.50 bits per heavy atom. The fourth-order valence-corrected chi connectivity index (χ4v) is 4.72. The Bertz CT molecular complexity index is 869. The van der Waals surface area contributed by atoms with E-state index in [-0.39, 0.29) is 5.97 Å². The molecule has 0 bridgehead atoms. The minimum Gasteiger partial charge on any atom is -0.468 e. The zero-order chi connectivity index (χ0) is 23.1. The van der Waals surface area contributed by atoms with E-state index in [4.69, 9.17) is 21.1 Å². The molecule has 0 radical (unpaired) electrons. The SMILES string of the molecule is C=N/C(=C(\C=C(/C)C1(C(=O)OC)CCC1)Nc1ccc(Cl)cc1)N(CC)C1CCOCC1. The van der Waals surface area contributed by atoms with Gasteiger partial charge in [-0.25, -0.2) is 4.99 Å². The zero-order valence-corrected chi connectivity index (χ0v) is 20.1. The maximum Gasteiger partial charge on any atom is 0.315 e. The van der Waals surface area contributed by atoms with Crippen molar-refractivity contribution in [3.63, 3.8) is 0 Å². The van der Waals surface area contributed by atoms with E-state index in [9.17, 15) is 4.79 Å². The first-order valence-electron chi connectivity index (χ1n) is 11.3. The number of rotatable bonds is 9. The summed E-state index contributed by atoms with van der Waals surface area (Å²) in [4.78, 5) is 19.4. The van der Waals surface area contributed by atoms with Crippen LogP contribution in [0.4, 0.5) is 5.69 Å². The number of anilines is 1. The second kappa shape index (κ2) is 11.0. The molecule has 0 spiro atoms. The normalized spacial score (nSPS) is 19.4. The number of hydrogen-bond acceptors (Lipinski definition) is 6. The molecule has 32 heavy (non-hydrogen) atoms. The molecule has 1 saturated carbocycles. The van der Waals surface area contributed by atoms with Crippen molar-refractivity contribution in [1.82, 2.24) is 4.90 Å². The van der Waals surface area contributed by atoms with Crippen molar-refractivity contribution in [2.24, 2.45) is 10.4 Å². The lowest BCUT2D eigenvalue weighted by atomic mass is 9.64. The van der Waals surface area contributed by atoms with Crippen molar-refractivity contribution in [2.75, 3.05) is 32.2 Å². The minimum absolute atomic E-state index is 0.173. The van der Waals surface area contributed by atoms with Gasteiger partial charge in [0, 0.05) is 36.5 Å². The maximum absolute atomic E-state index is 12.6. The topological polar surface area (TPSA) is 63.2 Å². The quantitative estimate of drug-likeness (QED) is 0.304. The Morgan fingerprint density at radius 1 is 1.34 bits per heavy atom. The van der Waals surface area contributed by atoms with Crippen LogP contribution >= 0.6 is 11.6 Å². The fourth-order valence-electron chi connectivity index (χ4n) is 4.59. The first-order chi connectivity index (χ1) is 15.4. The lowest BCUT2D eigenvalue weighted by Gasteiger charge is -2.40. The van der Waals surface area contributed by atoms with Crippen LogP contribution in [0, 0.1) is 5.41 Å². The van der Waals surface area contributed by atoms with Crippen LogP contribution in [0.1, 0.15) is 46.0 Å². The predicted molar refractivity (Wildman–Crippen MR) is 130 cm³/mol. The molecular weight excluding hydrogens is 426 g/mol. The molecule has 1 heterocycles. The van der Waals surface area contributed by atoms with E-state index in [1.807, 2.05) is 37.3 Å². The number of methoxy groups -OCH3 is 1. The van der Waals surface area contributed by atoms with Gasteiger partial charge in [0.05, 0.1) is 18.2 Å². The van der Waals surface area contributed by atoms with Gasteiger partial charge in [0.25, 0.3) is 0 Å². The van der Waals surface area contributed by atoms with E-state index in [1.165, 1.54) is 7.11 Å². The summed E-state index contributed by atoms with van der Waals surface area (Å²) in [7, 11) is 1.46. The number of allylic oxidation sites excluding steroid dienone is 1. The number of benzene rings is 1. The first-order valence-corrected chi connectivity index (χ1v) is 11.7. The zero-order valence-electron chi connectivity index (χ0n) is 19.3. The summed E-state index contributed by atoms with van der Waals surface area (Å²) in [6.07, 6.45) is 6.52. The Morgan fingerprint density at radius 2 is 2.00 bits per heavy atom. The number of aliphatic imine (C=N–C) groups is 1. The van der Waals surface area contributed by atoms with Gasteiger partial charge in [0.15, 0.2) is 5.82 Å². The van der Waals surface area contributed by atoms with Gasteiger partial charge in [-0.3, -0.25) is 4.79 Å². The summed E-state index contributed by atoms with van der Waals surface area (Å²) in [6, 6.07) is 7.86. The van der Waals surface area contributed by atoms with E-state index in [0.717, 1.165) is 74.6 Å². The number of ether oxygens (including phenoxy) is 2. The van der Waals surface area contributed by atoms with Gasteiger partial charge >= 0.3 is 5.97 Å². The second-order valence-electron chi connectivity index (χ2n) is 8.41. The molecule has 6 nitrogen and oxygen atoms in total. The monoisotopic (exact) mass is 459 g/mol. The molecule has 1 aliphatic carbocycles. The summed E-state index contributed by atoms with van der Waals surface area (Å²) in [5.74, 6) is 0.598. The maximum atomic E-state index is 12.6. The number of esters is 1. The molecule has 1 N–H and O–H groups in total. The van der Waals surface area contributed by atoms with Crippen LogP contribution in [0.25, 0.3) is 0 Å². The molecule has 2 fully saturated rings. The Kier molecular flexibility index (Phi) is 8.38. The van der Waals surface area contributed by atoms with Crippen LogP contribution in [0.3, 0.4) is 0 Å². The predicted octanol–water partition coefficient (Wildman–Crippen LogP) is 5.41. The smallest absolute Gasteiger partial charge is 0.315 e. The van der Waals surface area contributed by atoms with Crippen LogP contribution in [0.15, 0.2) is 52.4 Å². The van der Waals surface area contributed by atoms with Gasteiger partial charge in [-0.1, -0.05) is 23.6 Å². The van der Waals surface area contributed by atoms with Crippen LogP contribution in [-0.4, -0.2) is 50.5 Å². The highest BCUT2D eigenvalue weighted by molar-refractivity contribution is 6.30. The van der Waals surface area contributed by atoms with E-state index in [2.05, 4.69) is 28.9 Å². The number of nitrogens with zero attached hydrogens (tertiary/aromatic N) is 2. The summed E-state index contributed by atoms with van der Waals surface area (Å²) in [5.41, 5.74) is 2.10. The Hall–Kier alpha value is -2.31. The largest absolute Gasteiger partial charge is 0.468 e. The van der Waals surface area contributed by atoms with Gasteiger partial charge in [-0.2, -0.15) is 0 Å². The van der Waals surface area contributed by atoms with Crippen molar-refractivity contribution in [1.29, 1.82) is 0 Å². The fraction of sp³-hybridized carbons (Fsp3) is 0.520. The molecule has 1 saturated heterocycles. The van der Waals surface area contributed by atoms with Crippen LogP contribution in [0.5, 0.6) is 0 Å². The Balaban J connectivity index is 2.06. The summed E-state index contributed by atoms with van der Waals surface area (Å²) >= 11 is 6.08. The third-order valence-corrected chi connectivity index (χ3v) is 6.91. The molecular formula is C25H34ClN3O3. The van der Waals surface area contributed by atoms with Crippen molar-refractivity contribution in [2.45, 2.75) is 52.0 Å². The number of carbonyl (C=O) groups excluding carboxylic acids is 1. The average Bonchev–Trinajstić information content (AvgIpc) is 2.78. The molecule has 3 rings (SSSR count). The van der Waals surface area contributed by atoms with Gasteiger partial charge in [-0.05, 0) is 76.6 Å². The second-order valence-corrected chi connectivity index (χ2v) is 8.85. The molecule has 174 valence electrons. The molecule has 1 aliphatic heterocycles. The highest BCUT2D eigenvalue weighted by Crippen LogP contribution is 2.48. The highest BCUT2D eigenvalue weighted by Gasteiger charge is 2.46. The van der Waals surface area contributed by atoms with Crippen LogP contribution in [0.2, 0.25) is 5.02 Å². The van der Waals surface area contributed by atoms with Gasteiger partial charge in [-0.15, -0.1) is 0 Å². The standard InChI is InChI=1S/C25H34ClN3O3/c1-5-29(21-11-15-32-16-12-21)23(27-3)22(28-20-9-7-19(26)8-10-20)17-18(2)25(13-6-14-25)24(30)31-4/h7-10,17,21,28H,3,5-6,11-16H2,1-2,4H3/b18-17+,23-22-. The van der Waals surface area contributed by atoms with E-state index < -0.39 is 5.41 Å². The van der Waals surface area contributed by atoms with E-state index in [1.54, 1.807) is 0 Å². The van der Waals surface area contributed by atoms with Crippen molar-refractivity contribution >= 4 is 30.0 Å². The third-order valence-electron chi connectivity index (χ3n) is 6.66. The molecule has 0 unspecified atom stereocenters. The average molecular weight is 460 g/mol. The summed E-state index contributed by atoms with van der Waals surface area (Å²) < 4.78 is 10.7. The minimum atomic E-state index is -0.566. The molecule has 0 aromatic heterocycles. The highest BCUT2D eigenvalue weighted by atomic mass is 35.5. The van der Waals surface area contributed by atoms with Crippen LogP contribution in [-0.2, 0) is 14.3 Å². The summed E-state index contributed by atoms with van der Waals surface area (Å²) in [5, 5.41) is 4.18. The molecule has 0 atom stereocenters. The number of halogens is 1. The lowest BCUT2D eigenvalue weighted by Crippen LogP contribution is -2.40. The van der Waals surface area contributed by atoms with Crippen molar-refractivity contribution in [3.05, 3.63) is 52.5 Å².